The Kier molecular flexibility index (Phi) is 3.34. The molecule has 0 aromatic heterocycles. The molecule has 1 amide bonds. The van der Waals surface area contributed by atoms with Crippen LogP contribution in [0.3, 0.4) is 0 Å². The number of carbonyl (C=O) groups is 1. The highest BCUT2D eigenvalue weighted by molar-refractivity contribution is 5.69. The average Bonchev–Trinajstić information content (AvgIpc) is 2.94. The predicted molar refractivity (Wildman–Crippen MR) is 64.6 cm³/mol. The first-order chi connectivity index (χ1) is 7.92. The molecule has 0 spiro atoms. The largest absolute Gasteiger partial charge is 0.444 e. The number of aliphatic hydroxyl groups excluding tert-OH is 1. The molecular weight excluding hydrogens is 218 g/mol. The second-order valence-corrected chi connectivity index (χ2v) is 6.21. The lowest BCUT2D eigenvalue weighted by atomic mass is 9.95. The summed E-state index contributed by atoms with van der Waals surface area (Å²) < 4.78 is 5.38. The van der Waals surface area contributed by atoms with Gasteiger partial charge in [-0.3, -0.25) is 0 Å². The number of hydrogen-bond donors (Lipinski definition) is 1. The first kappa shape index (κ1) is 12.7. The molecule has 1 aliphatic carbocycles. The van der Waals surface area contributed by atoms with E-state index in [-0.39, 0.29) is 18.7 Å². The molecule has 17 heavy (non-hydrogen) atoms. The lowest BCUT2D eigenvalue weighted by molar-refractivity contribution is 0.0139. The van der Waals surface area contributed by atoms with Crippen molar-refractivity contribution in [2.45, 2.75) is 51.7 Å². The van der Waals surface area contributed by atoms with Crippen LogP contribution < -0.4 is 0 Å². The number of hydrogen-bond acceptors (Lipinski definition) is 3. The molecule has 4 heteroatoms. The summed E-state index contributed by atoms with van der Waals surface area (Å²) in [6, 6.07) is -0.0302. The molecule has 2 atom stereocenters. The fourth-order valence-corrected chi connectivity index (χ4v) is 2.73. The summed E-state index contributed by atoms with van der Waals surface area (Å²) in [5.74, 6) is 1.20. The molecule has 1 aliphatic heterocycles. The van der Waals surface area contributed by atoms with Gasteiger partial charge < -0.3 is 14.7 Å². The minimum atomic E-state index is -0.464. The molecule has 1 N–H and O–H groups in total. The second-order valence-electron chi connectivity index (χ2n) is 6.21. The molecule has 0 radical (unpaired) electrons. The Hall–Kier alpha value is -0.770. The zero-order chi connectivity index (χ0) is 12.6. The number of likely N-dealkylation sites (tertiary alicyclic amines) is 1. The molecule has 0 bridgehead atoms. The van der Waals surface area contributed by atoms with Gasteiger partial charge in [-0.05, 0) is 51.9 Å². The van der Waals surface area contributed by atoms with Gasteiger partial charge in [0.2, 0.25) is 0 Å². The van der Waals surface area contributed by atoms with E-state index in [2.05, 4.69) is 0 Å². The van der Waals surface area contributed by atoms with Gasteiger partial charge in [-0.1, -0.05) is 0 Å². The van der Waals surface area contributed by atoms with Gasteiger partial charge in [0, 0.05) is 6.54 Å². The molecule has 4 nitrogen and oxygen atoms in total. The Morgan fingerprint density at radius 3 is 2.47 bits per heavy atom. The van der Waals surface area contributed by atoms with Crippen LogP contribution in [-0.2, 0) is 4.74 Å². The summed E-state index contributed by atoms with van der Waals surface area (Å²) in [6.07, 6.45) is 3.24. The third-order valence-corrected chi connectivity index (χ3v) is 3.64. The average molecular weight is 241 g/mol. The van der Waals surface area contributed by atoms with Crippen LogP contribution in [0, 0.1) is 11.8 Å². The summed E-state index contributed by atoms with van der Waals surface area (Å²) in [5, 5.41) is 9.48. The van der Waals surface area contributed by atoms with Crippen molar-refractivity contribution >= 4 is 6.09 Å². The van der Waals surface area contributed by atoms with Gasteiger partial charge in [-0.25, -0.2) is 4.79 Å². The highest BCUT2D eigenvalue weighted by Gasteiger charge is 2.45. The first-order valence-corrected chi connectivity index (χ1v) is 6.53. The molecule has 1 heterocycles. The fraction of sp³-hybridized carbons (Fsp3) is 0.923. The van der Waals surface area contributed by atoms with Crippen molar-refractivity contribution in [3.63, 3.8) is 0 Å². The van der Waals surface area contributed by atoms with E-state index in [4.69, 9.17) is 4.74 Å². The minimum Gasteiger partial charge on any atom is -0.444 e. The predicted octanol–water partition coefficient (Wildman–Crippen LogP) is 2.01. The molecular formula is C13H23NO3. The van der Waals surface area contributed by atoms with E-state index >= 15 is 0 Å². The first-order valence-electron chi connectivity index (χ1n) is 6.53. The van der Waals surface area contributed by atoms with Crippen molar-refractivity contribution in [2.24, 2.45) is 11.8 Å². The maximum atomic E-state index is 12.0. The molecule has 2 rings (SSSR count). The molecule has 1 saturated carbocycles. The quantitative estimate of drug-likeness (QED) is 0.804. The van der Waals surface area contributed by atoms with Crippen LogP contribution in [0.4, 0.5) is 4.79 Å². The lowest BCUT2D eigenvalue weighted by Gasteiger charge is -2.29. The summed E-state index contributed by atoms with van der Waals surface area (Å²) >= 11 is 0. The Morgan fingerprint density at radius 1 is 1.35 bits per heavy atom. The van der Waals surface area contributed by atoms with E-state index in [0.717, 1.165) is 18.9 Å². The van der Waals surface area contributed by atoms with E-state index in [9.17, 15) is 9.90 Å². The normalized spacial score (nSPS) is 29.5. The Bertz CT molecular complexity index is 294. The van der Waals surface area contributed by atoms with E-state index in [1.807, 2.05) is 20.8 Å². The summed E-state index contributed by atoms with van der Waals surface area (Å²) in [6.45, 7) is 6.38. The standard InChI is InChI=1S/C13H23NO3/c1-13(2,3)17-12(16)14-7-6-10(9-4-5-9)11(14)8-15/h9-11,15H,4-8H2,1-3H3/t10?,11-/m1/s1. The molecule has 0 aromatic rings. The van der Waals surface area contributed by atoms with Crippen LogP contribution in [0.5, 0.6) is 0 Å². The number of nitrogens with zero attached hydrogens (tertiary/aromatic N) is 1. The monoisotopic (exact) mass is 241 g/mol. The maximum absolute atomic E-state index is 12.0. The molecule has 1 unspecified atom stereocenters. The van der Waals surface area contributed by atoms with Crippen molar-refractivity contribution in [3.05, 3.63) is 0 Å². The van der Waals surface area contributed by atoms with E-state index < -0.39 is 5.60 Å². The van der Waals surface area contributed by atoms with Gasteiger partial charge in [-0.15, -0.1) is 0 Å². The van der Waals surface area contributed by atoms with Crippen molar-refractivity contribution in [2.75, 3.05) is 13.2 Å². The Balaban J connectivity index is 1.98. The topological polar surface area (TPSA) is 49.8 Å². The number of amides is 1. The summed E-state index contributed by atoms with van der Waals surface area (Å²) in [5.41, 5.74) is -0.464. The molecule has 98 valence electrons. The van der Waals surface area contributed by atoms with E-state index in [0.29, 0.717) is 5.92 Å². The van der Waals surface area contributed by atoms with Gasteiger partial charge in [0.15, 0.2) is 0 Å². The van der Waals surface area contributed by atoms with E-state index in [1.165, 1.54) is 12.8 Å². The number of aliphatic hydroxyl groups is 1. The smallest absolute Gasteiger partial charge is 0.410 e. The Labute approximate surface area is 103 Å². The third kappa shape index (κ3) is 2.92. The van der Waals surface area contributed by atoms with Crippen LogP contribution in [0.2, 0.25) is 0 Å². The van der Waals surface area contributed by atoms with Crippen molar-refractivity contribution in [1.29, 1.82) is 0 Å². The highest BCUT2D eigenvalue weighted by Crippen LogP contribution is 2.44. The van der Waals surface area contributed by atoms with Gasteiger partial charge in [0.1, 0.15) is 5.60 Å². The second kappa shape index (κ2) is 4.48. The van der Waals surface area contributed by atoms with Crippen LogP contribution in [-0.4, -0.2) is 40.9 Å². The lowest BCUT2D eigenvalue weighted by Crippen LogP contribution is -2.43. The number of ether oxygens (including phenoxy) is 1. The van der Waals surface area contributed by atoms with Crippen molar-refractivity contribution < 1.29 is 14.6 Å². The van der Waals surface area contributed by atoms with Gasteiger partial charge in [-0.2, -0.15) is 0 Å². The molecule has 1 saturated heterocycles. The minimum absolute atomic E-state index is 0.0302. The highest BCUT2D eigenvalue weighted by atomic mass is 16.6. The number of carbonyl (C=O) groups excluding carboxylic acids is 1. The molecule has 0 aromatic carbocycles. The zero-order valence-electron chi connectivity index (χ0n) is 11.0. The van der Waals surface area contributed by atoms with Crippen molar-refractivity contribution in [1.82, 2.24) is 4.90 Å². The SMILES string of the molecule is CC(C)(C)OC(=O)N1CCC(C2CC2)[C@H]1CO. The van der Waals surface area contributed by atoms with Crippen molar-refractivity contribution in [3.8, 4) is 0 Å². The zero-order valence-corrected chi connectivity index (χ0v) is 11.0. The van der Waals surface area contributed by atoms with Crippen LogP contribution in [0.1, 0.15) is 40.0 Å². The fourth-order valence-electron chi connectivity index (χ4n) is 2.73. The van der Waals surface area contributed by atoms with E-state index in [1.54, 1.807) is 4.90 Å². The van der Waals surface area contributed by atoms with Crippen LogP contribution in [0.15, 0.2) is 0 Å². The third-order valence-electron chi connectivity index (χ3n) is 3.64. The molecule has 2 aliphatic rings. The number of rotatable bonds is 2. The summed E-state index contributed by atoms with van der Waals surface area (Å²) in [4.78, 5) is 13.7. The Morgan fingerprint density at radius 2 is 2.00 bits per heavy atom. The maximum Gasteiger partial charge on any atom is 0.410 e. The van der Waals surface area contributed by atoms with Gasteiger partial charge in [0.05, 0.1) is 12.6 Å². The van der Waals surface area contributed by atoms with Crippen LogP contribution >= 0.6 is 0 Å². The summed E-state index contributed by atoms with van der Waals surface area (Å²) in [7, 11) is 0. The van der Waals surface area contributed by atoms with Gasteiger partial charge in [0.25, 0.3) is 0 Å². The molecule has 2 fully saturated rings. The van der Waals surface area contributed by atoms with Gasteiger partial charge >= 0.3 is 6.09 Å². The van der Waals surface area contributed by atoms with Crippen LogP contribution in [0.25, 0.3) is 0 Å².